The lowest BCUT2D eigenvalue weighted by Gasteiger charge is -2.10. The third-order valence-corrected chi connectivity index (χ3v) is 1.69. The van der Waals surface area contributed by atoms with E-state index in [0.29, 0.717) is 0 Å². The van der Waals surface area contributed by atoms with Crippen LogP contribution in [0.4, 0.5) is 0 Å². The summed E-state index contributed by atoms with van der Waals surface area (Å²) in [6.07, 6.45) is 2.00. The normalized spacial score (nSPS) is 24.2. The molecule has 3 nitrogen and oxygen atoms in total. The second-order valence-electron chi connectivity index (χ2n) is 2.43. The van der Waals surface area contributed by atoms with Crippen molar-refractivity contribution in [3.05, 3.63) is 6.14 Å². The lowest BCUT2D eigenvalue weighted by atomic mass is 10.6. The minimum atomic E-state index is 1.16. The van der Waals surface area contributed by atoms with Gasteiger partial charge in [0.2, 0.25) is 0 Å². The summed E-state index contributed by atoms with van der Waals surface area (Å²) < 4.78 is 11.0. The van der Waals surface area contributed by atoms with Crippen LogP contribution in [0.2, 0.25) is 2.82 Å². The molecule has 56 valence electrons. The highest BCUT2D eigenvalue weighted by Crippen LogP contribution is 1.98. The van der Waals surface area contributed by atoms with Crippen molar-refractivity contribution in [3.8, 4) is 0 Å². The molecule has 0 saturated carbocycles. The van der Waals surface area contributed by atoms with E-state index in [2.05, 4.69) is 23.8 Å². The van der Waals surface area contributed by atoms with Crippen molar-refractivity contribution in [1.82, 2.24) is 9.80 Å². The van der Waals surface area contributed by atoms with Gasteiger partial charge >= 0.3 is 0 Å². The van der Waals surface area contributed by atoms with E-state index in [-0.39, 0.29) is 0 Å². The Morgan fingerprint density at radius 1 is 1.67 bits per heavy atom. The van der Waals surface area contributed by atoms with Gasteiger partial charge in [-0.3, -0.25) is 9.80 Å². The summed E-state index contributed by atoms with van der Waals surface area (Å²) in [6, 6.07) is 0. The Morgan fingerprint density at radius 2 is 2.33 bits per heavy atom. The molecule has 0 aliphatic carbocycles. The average Bonchev–Trinajstić information content (AvgIpc) is 2.37. The summed E-state index contributed by atoms with van der Waals surface area (Å²) in [4.78, 5) is 4.77. The van der Waals surface area contributed by atoms with Gasteiger partial charge in [0.1, 0.15) is 0 Å². The smallest absolute Gasteiger partial charge is 0.0504 e. The van der Waals surface area contributed by atoms with Crippen molar-refractivity contribution < 1.29 is 2.82 Å². The van der Waals surface area contributed by atoms with E-state index in [1.165, 1.54) is 19.6 Å². The number of hydrogen-bond acceptors (Lipinski definition) is 2. The summed E-state index contributed by atoms with van der Waals surface area (Å²) in [5.74, 6) is 0. The third kappa shape index (κ3) is 2.30. The number of rotatable bonds is 1. The Hall–Kier alpha value is -0.120. The topological polar surface area (TPSA) is 40.0 Å². The van der Waals surface area contributed by atoms with Crippen LogP contribution in [-0.4, -0.2) is 43.2 Å². The van der Waals surface area contributed by atoms with E-state index in [4.69, 9.17) is 2.82 Å². The molecule has 0 aromatic heterocycles. The summed E-state index contributed by atoms with van der Waals surface area (Å²) in [6.45, 7) is 7.07. The fraction of sp³-hybridized carbons (Fsp3) is 1.00. The molecule has 1 rings (SSSR count). The van der Waals surface area contributed by atoms with E-state index in [1.807, 2.05) is 6.14 Å². The van der Waals surface area contributed by atoms with Gasteiger partial charge in [0.05, 0.1) is 6.67 Å². The minimum absolute atomic E-state index is 1.16. The molecular weight excluding hydrogens is 114 g/mol. The van der Waals surface area contributed by atoms with Crippen molar-refractivity contribution in [1.29, 1.82) is 0 Å². The molecule has 0 radical (unpaired) electrons. The molecule has 9 heavy (non-hydrogen) atoms. The molecule has 1 fully saturated rings. The highest BCUT2D eigenvalue weighted by atomic mass is 15.4. The van der Waals surface area contributed by atoms with Crippen LogP contribution < -0.4 is 0 Å². The van der Waals surface area contributed by atoms with Gasteiger partial charge in [-0.25, -0.2) is 0 Å². The quantitative estimate of drug-likeness (QED) is 0.535. The molecule has 1 aliphatic heterocycles. The lowest BCUT2D eigenvalue weighted by molar-refractivity contribution is 0.286. The molecule has 3 heteroatoms. The molecule has 0 atom stereocenters. The van der Waals surface area contributed by atoms with Crippen molar-refractivity contribution in [2.75, 3.05) is 33.4 Å². The molecule has 2 N–H and O–H groups in total. The van der Waals surface area contributed by atoms with E-state index < -0.39 is 0 Å². The van der Waals surface area contributed by atoms with Crippen LogP contribution in [0.25, 0.3) is 6.14 Å². The van der Waals surface area contributed by atoms with Crippen LogP contribution in [0.3, 0.4) is 0 Å². The summed E-state index contributed by atoms with van der Waals surface area (Å²) in [7, 11) is 2.16. The van der Waals surface area contributed by atoms with Crippen LogP contribution >= 0.6 is 0 Å². The van der Waals surface area contributed by atoms with E-state index in [0.717, 1.165) is 6.67 Å². The maximum Gasteiger partial charge on any atom is 0.0504 e. The van der Waals surface area contributed by atoms with Crippen LogP contribution in [0.5, 0.6) is 0 Å². The van der Waals surface area contributed by atoms with Gasteiger partial charge in [0.25, 0.3) is 0 Å². The molecule has 1 heterocycles. The Bertz CT molecular complexity index is 91.9. The van der Waals surface area contributed by atoms with Crippen LogP contribution in [0, 0.1) is 0 Å². The molecule has 0 amide bonds. The second kappa shape index (κ2) is 3.82. The predicted molar refractivity (Wildman–Crippen MR) is 40.0 cm³/mol. The van der Waals surface area contributed by atoms with Crippen molar-refractivity contribution in [2.24, 2.45) is 0 Å². The number of nitrogens with two attached hydrogens (primary N) is 1. The highest BCUT2D eigenvalue weighted by Gasteiger charge is 2.12. The highest BCUT2D eigenvalue weighted by molar-refractivity contribution is 4.65. The molecule has 1 saturated heterocycles. The third-order valence-electron chi connectivity index (χ3n) is 1.69. The zero-order valence-electron chi connectivity index (χ0n) is 8.17. The average molecular weight is 134 g/mol. The zero-order valence-corrected chi connectivity index (χ0v) is 6.17. The van der Waals surface area contributed by atoms with E-state index in [1.54, 1.807) is 0 Å². The van der Waals surface area contributed by atoms with Gasteiger partial charge in [-0.2, -0.15) is 2.82 Å². The van der Waals surface area contributed by atoms with Gasteiger partial charge in [0, 0.05) is 13.1 Å². The monoisotopic (exact) mass is 134 g/mol. The molecule has 0 aromatic rings. The standard InChI is InChI=1S/C6H14N2.H2N/c1-3-8-5-4-7(2)6-8;/h3-6H2,1-2H3;1H2/q;-1/i/hT2. The van der Waals surface area contributed by atoms with Gasteiger partial charge < -0.3 is 6.14 Å². The van der Waals surface area contributed by atoms with Crippen LogP contribution in [-0.2, 0) is 0 Å². The summed E-state index contributed by atoms with van der Waals surface area (Å²) >= 11 is 0. The molecule has 0 unspecified atom stereocenters. The van der Waals surface area contributed by atoms with Gasteiger partial charge in [-0.05, 0) is 13.6 Å². The number of nitrogens with zero attached hydrogens (tertiary/aromatic N) is 2. The van der Waals surface area contributed by atoms with Crippen LogP contribution in [0.15, 0.2) is 0 Å². The summed E-state index contributed by atoms with van der Waals surface area (Å²) in [5, 5.41) is 0. The lowest BCUT2D eigenvalue weighted by Crippen LogP contribution is -2.22. The number of likely N-dealkylation sites (N-methyl/N-ethyl adjacent to an activating group) is 2. The SMILES string of the molecule is CCN1CCN(C)C1.[3H][N-][3H]. The first-order valence-electron chi connectivity index (χ1n) is 4.13. The Kier molecular flexibility index (Phi) is 2.40. The van der Waals surface area contributed by atoms with Crippen molar-refractivity contribution in [2.45, 2.75) is 6.92 Å². The van der Waals surface area contributed by atoms with E-state index >= 15 is 0 Å². The largest absolute Gasteiger partial charge is 0.693 e. The first-order valence-corrected chi connectivity index (χ1v) is 3.24. The van der Waals surface area contributed by atoms with Crippen LogP contribution in [0.1, 0.15) is 6.92 Å². The molecular formula is C6H16N3-. The zero-order chi connectivity index (χ0) is 8.69. The first-order chi connectivity index (χ1) is 5.24. The predicted octanol–water partition coefficient (Wildman–Crippen LogP) is 0.928. The Morgan fingerprint density at radius 3 is 2.56 bits per heavy atom. The molecule has 0 spiro atoms. The Balaban J connectivity index is 0.000000292. The number of hydrogen-bond donors (Lipinski definition) is 0. The van der Waals surface area contributed by atoms with Crippen molar-refractivity contribution >= 4 is 0 Å². The molecule has 1 aliphatic rings. The van der Waals surface area contributed by atoms with Gasteiger partial charge in [-0.1, -0.05) is 6.92 Å². The summed E-state index contributed by atoms with van der Waals surface area (Å²) in [5.41, 5.74) is 0. The van der Waals surface area contributed by atoms with Gasteiger partial charge in [0.15, 0.2) is 0 Å². The first kappa shape index (κ1) is 5.65. The molecule has 0 bridgehead atoms. The van der Waals surface area contributed by atoms with Crippen molar-refractivity contribution in [3.63, 3.8) is 0 Å². The van der Waals surface area contributed by atoms with E-state index in [9.17, 15) is 0 Å². The minimum Gasteiger partial charge on any atom is -0.693 e. The maximum atomic E-state index is 5.50. The maximum absolute atomic E-state index is 5.50. The fourth-order valence-corrected chi connectivity index (χ4v) is 1.05. The van der Waals surface area contributed by atoms with Gasteiger partial charge in [-0.15, -0.1) is 0 Å². The molecule has 0 aromatic carbocycles. The fourth-order valence-electron chi connectivity index (χ4n) is 1.05. The Labute approximate surface area is 60.1 Å². The second-order valence-corrected chi connectivity index (χ2v) is 2.43.